The normalized spacial score (nSPS) is 10.9. The highest BCUT2D eigenvalue weighted by Gasteiger charge is 2.15. The molecule has 1 N–H and O–H groups in total. The fourth-order valence-electron chi connectivity index (χ4n) is 3.64. The smallest absolute Gasteiger partial charge is 0.293 e. The van der Waals surface area contributed by atoms with Crippen molar-refractivity contribution in [3.05, 3.63) is 76.3 Å². The Balaban J connectivity index is 1.43. The van der Waals surface area contributed by atoms with Crippen LogP contribution in [0, 0.1) is 6.92 Å². The van der Waals surface area contributed by atoms with E-state index in [4.69, 9.17) is 9.47 Å². The molecule has 9 nitrogen and oxygen atoms in total. The molecule has 0 radical (unpaired) electrons. The van der Waals surface area contributed by atoms with Crippen LogP contribution in [0.25, 0.3) is 16.8 Å². The van der Waals surface area contributed by atoms with Crippen molar-refractivity contribution in [2.24, 2.45) is 0 Å². The summed E-state index contributed by atoms with van der Waals surface area (Å²) >= 11 is 0. The maximum atomic E-state index is 13.0. The summed E-state index contributed by atoms with van der Waals surface area (Å²) in [4.78, 5) is 25.4. The molecule has 0 atom stereocenters. The van der Waals surface area contributed by atoms with E-state index in [0.717, 1.165) is 22.6 Å². The number of methoxy groups -OCH3 is 1. The van der Waals surface area contributed by atoms with Gasteiger partial charge in [0.05, 0.1) is 19.4 Å². The molecule has 4 rings (SSSR count). The van der Waals surface area contributed by atoms with Crippen LogP contribution >= 0.6 is 0 Å². The predicted octanol–water partition coefficient (Wildman–Crippen LogP) is 2.63. The van der Waals surface area contributed by atoms with Gasteiger partial charge in [-0.2, -0.15) is 10.2 Å². The van der Waals surface area contributed by atoms with Crippen LogP contribution in [0.1, 0.15) is 18.3 Å². The van der Waals surface area contributed by atoms with E-state index in [2.05, 4.69) is 15.5 Å². The first-order chi connectivity index (χ1) is 16.5. The van der Waals surface area contributed by atoms with Gasteiger partial charge in [-0.3, -0.25) is 9.59 Å². The summed E-state index contributed by atoms with van der Waals surface area (Å²) < 4.78 is 13.3. The van der Waals surface area contributed by atoms with Crippen molar-refractivity contribution in [3.63, 3.8) is 0 Å². The van der Waals surface area contributed by atoms with Crippen LogP contribution in [-0.2, 0) is 17.8 Å². The van der Waals surface area contributed by atoms with Crippen molar-refractivity contribution >= 4 is 11.4 Å². The molecule has 0 saturated heterocycles. The third-order valence-electron chi connectivity index (χ3n) is 5.38. The van der Waals surface area contributed by atoms with Crippen molar-refractivity contribution in [1.82, 2.24) is 24.7 Å². The van der Waals surface area contributed by atoms with Crippen LogP contribution in [0.4, 0.5) is 0 Å². The number of nitrogens with one attached hydrogen (secondary N) is 1. The Morgan fingerprint density at radius 1 is 1.03 bits per heavy atom. The summed E-state index contributed by atoms with van der Waals surface area (Å²) in [6, 6.07) is 16.9. The highest BCUT2D eigenvalue weighted by Crippen LogP contribution is 2.22. The van der Waals surface area contributed by atoms with E-state index in [0.29, 0.717) is 36.6 Å². The van der Waals surface area contributed by atoms with Crippen LogP contribution < -0.4 is 20.3 Å². The maximum Gasteiger partial charge on any atom is 0.293 e. The monoisotopic (exact) mass is 461 g/mol. The summed E-state index contributed by atoms with van der Waals surface area (Å²) in [6.07, 6.45) is 0.673. The minimum atomic E-state index is -0.375. The largest absolute Gasteiger partial charge is 0.497 e. The predicted molar refractivity (Wildman–Crippen MR) is 128 cm³/mol. The Labute approximate surface area is 196 Å². The van der Waals surface area contributed by atoms with E-state index in [1.807, 2.05) is 55.5 Å². The second-order valence-corrected chi connectivity index (χ2v) is 7.74. The van der Waals surface area contributed by atoms with E-state index in [1.54, 1.807) is 20.1 Å². The number of hydrogen-bond acceptors (Lipinski definition) is 6. The van der Waals surface area contributed by atoms with Crippen molar-refractivity contribution in [2.75, 3.05) is 20.3 Å². The molecule has 0 aliphatic heterocycles. The molecular formula is C25H27N5O4. The van der Waals surface area contributed by atoms with Gasteiger partial charge in [-0.1, -0.05) is 12.1 Å². The molecule has 0 fully saturated rings. The summed E-state index contributed by atoms with van der Waals surface area (Å²) in [5.41, 5.74) is 2.56. The van der Waals surface area contributed by atoms with Gasteiger partial charge in [0.25, 0.3) is 5.56 Å². The molecule has 1 amide bonds. The lowest BCUT2D eigenvalue weighted by molar-refractivity contribution is -0.121. The summed E-state index contributed by atoms with van der Waals surface area (Å²) in [5, 5.41) is 11.6. The molecule has 0 aliphatic carbocycles. The Morgan fingerprint density at radius 3 is 2.41 bits per heavy atom. The zero-order chi connectivity index (χ0) is 24.1. The molecule has 0 aliphatic rings. The number of aryl methyl sites for hydroxylation is 1. The highest BCUT2D eigenvalue weighted by atomic mass is 16.5. The first-order valence-corrected chi connectivity index (χ1v) is 11.1. The molecule has 176 valence electrons. The summed E-state index contributed by atoms with van der Waals surface area (Å²) in [7, 11) is 1.60. The van der Waals surface area contributed by atoms with E-state index in [9.17, 15) is 9.59 Å². The first kappa shape index (κ1) is 23.0. The zero-order valence-electron chi connectivity index (χ0n) is 19.4. The van der Waals surface area contributed by atoms with Crippen LogP contribution in [-0.4, -0.2) is 45.6 Å². The third-order valence-corrected chi connectivity index (χ3v) is 5.38. The van der Waals surface area contributed by atoms with Crippen molar-refractivity contribution in [2.45, 2.75) is 26.8 Å². The molecule has 34 heavy (non-hydrogen) atoms. The highest BCUT2D eigenvalue weighted by molar-refractivity contribution is 5.75. The lowest BCUT2D eigenvalue weighted by Gasteiger charge is -2.09. The van der Waals surface area contributed by atoms with Crippen molar-refractivity contribution in [3.8, 4) is 22.8 Å². The van der Waals surface area contributed by atoms with E-state index < -0.39 is 0 Å². The topological polar surface area (TPSA) is 99.8 Å². The van der Waals surface area contributed by atoms with Gasteiger partial charge in [-0.25, -0.2) is 9.20 Å². The Hall–Kier alpha value is -4.14. The number of carbonyl (C=O) groups is 1. The average Bonchev–Trinajstić information content (AvgIpc) is 3.30. The number of carbonyl (C=O) groups excluding carboxylic acids is 1. The molecular weight excluding hydrogens is 434 g/mol. The Bertz CT molecular complexity index is 1340. The van der Waals surface area contributed by atoms with Gasteiger partial charge >= 0.3 is 0 Å². The molecule has 9 heteroatoms. The number of rotatable bonds is 9. The van der Waals surface area contributed by atoms with Gasteiger partial charge in [0.2, 0.25) is 5.91 Å². The second kappa shape index (κ2) is 10.2. The minimum Gasteiger partial charge on any atom is -0.497 e. The number of ether oxygens (including phenoxy) is 2. The molecule has 2 aromatic heterocycles. The molecule has 4 aromatic rings. The lowest BCUT2D eigenvalue weighted by atomic mass is 10.1. The number of benzene rings is 2. The third kappa shape index (κ3) is 5.09. The van der Waals surface area contributed by atoms with Crippen LogP contribution in [0.15, 0.2) is 59.4 Å². The number of hydrogen-bond donors (Lipinski definition) is 1. The quantitative estimate of drug-likeness (QED) is 0.411. The zero-order valence-corrected chi connectivity index (χ0v) is 19.4. The average molecular weight is 462 g/mol. The number of nitrogens with zero attached hydrogens (tertiary/aromatic N) is 4. The van der Waals surface area contributed by atoms with E-state index >= 15 is 0 Å². The van der Waals surface area contributed by atoms with Gasteiger partial charge in [0.15, 0.2) is 0 Å². The fraction of sp³-hybridized carbons (Fsp3) is 0.280. The molecule has 0 unspecified atom stereocenters. The molecule has 0 bridgehead atoms. The lowest BCUT2D eigenvalue weighted by Crippen LogP contribution is -2.35. The standard InChI is InChI=1S/C25H27N5O4/c1-4-34-21-9-5-18(6-10-21)13-14-26-24(31)16-29-25(32)23-15-22(28-30(23)17(2)27-29)19-7-11-20(33-3)12-8-19/h5-12,15H,4,13-14,16H2,1-3H3,(H,26,31). The molecule has 0 spiro atoms. The first-order valence-electron chi connectivity index (χ1n) is 11.1. The summed E-state index contributed by atoms with van der Waals surface area (Å²) in [5.74, 6) is 1.79. The molecule has 2 heterocycles. The van der Waals surface area contributed by atoms with E-state index in [-0.39, 0.29) is 18.0 Å². The number of fused-ring (bicyclic) bond motifs is 1. The SMILES string of the molecule is CCOc1ccc(CCNC(=O)Cn2nc(C)n3nc(-c4ccc(OC)cc4)cc3c2=O)cc1. The van der Waals surface area contributed by atoms with Crippen LogP contribution in [0.5, 0.6) is 11.5 Å². The van der Waals surface area contributed by atoms with E-state index in [1.165, 1.54) is 9.20 Å². The summed E-state index contributed by atoms with van der Waals surface area (Å²) in [6.45, 7) is 4.60. The number of aromatic nitrogens is 4. The molecule has 2 aromatic carbocycles. The molecule has 0 saturated carbocycles. The fourth-order valence-corrected chi connectivity index (χ4v) is 3.64. The second-order valence-electron chi connectivity index (χ2n) is 7.74. The maximum absolute atomic E-state index is 13.0. The van der Waals surface area contributed by atoms with Crippen molar-refractivity contribution in [1.29, 1.82) is 0 Å². The van der Waals surface area contributed by atoms with Gasteiger partial charge in [0, 0.05) is 12.1 Å². The van der Waals surface area contributed by atoms with Crippen LogP contribution in [0.3, 0.4) is 0 Å². The van der Waals surface area contributed by atoms with Gasteiger partial charge < -0.3 is 14.8 Å². The van der Waals surface area contributed by atoms with Gasteiger partial charge in [-0.15, -0.1) is 0 Å². The van der Waals surface area contributed by atoms with Crippen LogP contribution in [0.2, 0.25) is 0 Å². The Morgan fingerprint density at radius 2 is 1.74 bits per heavy atom. The van der Waals surface area contributed by atoms with Gasteiger partial charge in [0.1, 0.15) is 29.4 Å². The number of amides is 1. The minimum absolute atomic E-state index is 0.164. The Kier molecular flexibility index (Phi) is 6.91. The van der Waals surface area contributed by atoms with Gasteiger partial charge in [-0.05, 0) is 68.3 Å². The van der Waals surface area contributed by atoms with Crippen molar-refractivity contribution < 1.29 is 14.3 Å².